The van der Waals surface area contributed by atoms with E-state index in [1.807, 2.05) is 6.92 Å². The molecule has 1 aliphatic rings. The number of thioether (sulfide) groups is 1. The molecule has 0 fully saturated rings. The van der Waals surface area contributed by atoms with E-state index in [1.165, 1.54) is 0 Å². The highest BCUT2D eigenvalue weighted by Crippen LogP contribution is 2.28. The summed E-state index contributed by atoms with van der Waals surface area (Å²) in [6.07, 6.45) is 0.797. The van der Waals surface area contributed by atoms with Gasteiger partial charge in [0, 0.05) is 32.9 Å². The number of hydrogen-bond acceptors (Lipinski definition) is 4. The second kappa shape index (κ2) is 4.25. The van der Waals surface area contributed by atoms with Crippen LogP contribution >= 0.6 is 11.8 Å². The first-order chi connectivity index (χ1) is 5.79. The molecule has 1 heterocycles. The third kappa shape index (κ3) is 1.65. The summed E-state index contributed by atoms with van der Waals surface area (Å²) in [6.45, 7) is 2.92. The standard InChI is InChI=1S/C8H15NO2S/c1-4-8(10-2,11-3)7-9-5-6-12-7/h4-6H2,1-3H3. The summed E-state index contributed by atoms with van der Waals surface area (Å²) in [6, 6.07) is 0. The molecule has 0 saturated carbocycles. The summed E-state index contributed by atoms with van der Waals surface area (Å²) in [5.41, 5.74) is 0. The number of methoxy groups -OCH3 is 2. The van der Waals surface area contributed by atoms with Crippen LogP contribution in [0, 0.1) is 0 Å². The Bertz CT molecular complexity index is 170. The van der Waals surface area contributed by atoms with Gasteiger partial charge >= 0.3 is 0 Å². The largest absolute Gasteiger partial charge is 0.348 e. The van der Waals surface area contributed by atoms with Gasteiger partial charge < -0.3 is 9.47 Å². The van der Waals surface area contributed by atoms with Gasteiger partial charge in [-0.05, 0) is 0 Å². The monoisotopic (exact) mass is 189 g/mol. The minimum absolute atomic E-state index is 0.582. The van der Waals surface area contributed by atoms with E-state index < -0.39 is 5.79 Å². The van der Waals surface area contributed by atoms with Crippen LogP contribution in [0.2, 0.25) is 0 Å². The Morgan fingerprint density at radius 3 is 2.50 bits per heavy atom. The van der Waals surface area contributed by atoms with Crippen molar-refractivity contribution in [2.45, 2.75) is 19.1 Å². The molecule has 0 aromatic heterocycles. The van der Waals surface area contributed by atoms with Crippen LogP contribution in [0.1, 0.15) is 13.3 Å². The number of rotatable bonds is 4. The Morgan fingerprint density at radius 2 is 2.17 bits per heavy atom. The lowest BCUT2D eigenvalue weighted by atomic mass is 10.2. The molecule has 12 heavy (non-hydrogen) atoms. The molecule has 0 unspecified atom stereocenters. The Labute approximate surface area is 77.5 Å². The van der Waals surface area contributed by atoms with Crippen molar-refractivity contribution in [2.75, 3.05) is 26.5 Å². The van der Waals surface area contributed by atoms with Crippen LogP contribution in [-0.4, -0.2) is 37.3 Å². The van der Waals surface area contributed by atoms with E-state index in [9.17, 15) is 0 Å². The number of nitrogens with zero attached hydrogens (tertiary/aromatic N) is 1. The molecule has 0 atom stereocenters. The van der Waals surface area contributed by atoms with Gasteiger partial charge in [0.2, 0.25) is 5.79 Å². The van der Waals surface area contributed by atoms with E-state index in [0.717, 1.165) is 23.8 Å². The minimum Gasteiger partial charge on any atom is -0.348 e. The second-order valence-corrected chi connectivity index (χ2v) is 3.63. The molecule has 0 radical (unpaired) electrons. The average Bonchev–Trinajstić information content (AvgIpc) is 2.62. The van der Waals surface area contributed by atoms with Crippen LogP contribution in [0.3, 0.4) is 0 Å². The lowest BCUT2D eigenvalue weighted by molar-refractivity contribution is -0.152. The molecule has 70 valence electrons. The van der Waals surface area contributed by atoms with Crippen LogP contribution in [0.5, 0.6) is 0 Å². The minimum atomic E-state index is -0.582. The molecule has 0 aliphatic carbocycles. The van der Waals surface area contributed by atoms with Crippen molar-refractivity contribution in [3.05, 3.63) is 0 Å². The quantitative estimate of drug-likeness (QED) is 0.628. The Kier molecular flexibility index (Phi) is 3.55. The zero-order chi connectivity index (χ0) is 9.03. The predicted octanol–water partition coefficient (Wildman–Crippen LogP) is 1.53. The summed E-state index contributed by atoms with van der Waals surface area (Å²) in [4.78, 5) is 4.35. The first-order valence-corrected chi connectivity index (χ1v) is 5.05. The molecule has 0 aromatic carbocycles. The van der Waals surface area contributed by atoms with Crippen LogP contribution in [0.4, 0.5) is 0 Å². The molecular formula is C8H15NO2S. The predicted molar refractivity (Wildman–Crippen MR) is 51.8 cm³/mol. The van der Waals surface area contributed by atoms with Crippen molar-refractivity contribution in [2.24, 2.45) is 4.99 Å². The fourth-order valence-electron chi connectivity index (χ4n) is 1.26. The van der Waals surface area contributed by atoms with E-state index in [4.69, 9.17) is 9.47 Å². The number of ether oxygens (including phenoxy) is 2. The van der Waals surface area contributed by atoms with Crippen molar-refractivity contribution < 1.29 is 9.47 Å². The van der Waals surface area contributed by atoms with Crippen molar-refractivity contribution >= 4 is 16.8 Å². The van der Waals surface area contributed by atoms with E-state index in [0.29, 0.717) is 0 Å². The van der Waals surface area contributed by atoms with Gasteiger partial charge in [-0.3, -0.25) is 4.99 Å². The van der Waals surface area contributed by atoms with Gasteiger partial charge in [-0.25, -0.2) is 0 Å². The van der Waals surface area contributed by atoms with Crippen LogP contribution in [0.15, 0.2) is 4.99 Å². The smallest absolute Gasteiger partial charge is 0.217 e. The molecule has 0 bridgehead atoms. The zero-order valence-electron chi connectivity index (χ0n) is 7.79. The zero-order valence-corrected chi connectivity index (χ0v) is 8.61. The lowest BCUT2D eigenvalue weighted by Crippen LogP contribution is -2.39. The summed E-state index contributed by atoms with van der Waals surface area (Å²) in [5, 5.41) is 0.981. The van der Waals surface area contributed by atoms with E-state index in [1.54, 1.807) is 26.0 Å². The summed E-state index contributed by atoms with van der Waals surface area (Å²) < 4.78 is 10.7. The Hall–Kier alpha value is -0.0600. The van der Waals surface area contributed by atoms with Crippen molar-refractivity contribution in [3.8, 4) is 0 Å². The number of aliphatic imine (C=N–C) groups is 1. The molecule has 0 N–H and O–H groups in total. The van der Waals surface area contributed by atoms with Gasteiger partial charge in [-0.2, -0.15) is 0 Å². The van der Waals surface area contributed by atoms with E-state index in [-0.39, 0.29) is 0 Å². The molecule has 0 spiro atoms. The van der Waals surface area contributed by atoms with Gasteiger partial charge in [0.05, 0.1) is 0 Å². The normalized spacial score (nSPS) is 18.1. The highest BCUT2D eigenvalue weighted by Gasteiger charge is 2.35. The van der Waals surface area contributed by atoms with Gasteiger partial charge in [0.15, 0.2) is 0 Å². The molecule has 3 nitrogen and oxygen atoms in total. The first-order valence-electron chi connectivity index (χ1n) is 4.07. The fraction of sp³-hybridized carbons (Fsp3) is 0.875. The maximum Gasteiger partial charge on any atom is 0.217 e. The van der Waals surface area contributed by atoms with Crippen molar-refractivity contribution in [3.63, 3.8) is 0 Å². The van der Waals surface area contributed by atoms with E-state index in [2.05, 4.69) is 4.99 Å². The van der Waals surface area contributed by atoms with Gasteiger partial charge in [-0.15, -0.1) is 11.8 Å². The summed E-state index contributed by atoms with van der Waals surface area (Å²) >= 11 is 1.72. The highest BCUT2D eigenvalue weighted by molar-refractivity contribution is 8.14. The van der Waals surface area contributed by atoms with Gasteiger partial charge in [0.1, 0.15) is 5.04 Å². The Balaban J connectivity index is 2.75. The van der Waals surface area contributed by atoms with Crippen LogP contribution < -0.4 is 0 Å². The SMILES string of the molecule is CCC(OC)(OC)C1=NCCS1. The van der Waals surface area contributed by atoms with Crippen molar-refractivity contribution in [1.29, 1.82) is 0 Å². The van der Waals surface area contributed by atoms with Gasteiger partial charge in [0.25, 0.3) is 0 Å². The summed E-state index contributed by atoms with van der Waals surface area (Å²) in [5.74, 6) is 0.463. The lowest BCUT2D eigenvalue weighted by Gasteiger charge is -2.28. The molecular weight excluding hydrogens is 174 g/mol. The average molecular weight is 189 g/mol. The molecule has 1 aliphatic heterocycles. The van der Waals surface area contributed by atoms with E-state index >= 15 is 0 Å². The van der Waals surface area contributed by atoms with Crippen LogP contribution in [-0.2, 0) is 9.47 Å². The highest BCUT2D eigenvalue weighted by atomic mass is 32.2. The molecule has 4 heteroatoms. The van der Waals surface area contributed by atoms with Gasteiger partial charge in [-0.1, -0.05) is 6.92 Å². The first kappa shape index (κ1) is 10.0. The molecule has 0 saturated heterocycles. The summed E-state index contributed by atoms with van der Waals surface area (Å²) in [7, 11) is 3.32. The number of hydrogen-bond donors (Lipinski definition) is 0. The molecule has 0 amide bonds. The maximum atomic E-state index is 5.35. The molecule has 1 rings (SSSR count). The molecule has 0 aromatic rings. The topological polar surface area (TPSA) is 30.8 Å². The fourth-order valence-corrected chi connectivity index (χ4v) is 2.35. The second-order valence-electron chi connectivity index (χ2n) is 2.55. The third-order valence-corrected chi connectivity index (χ3v) is 3.14. The maximum absolute atomic E-state index is 5.35. The third-order valence-electron chi connectivity index (χ3n) is 2.04. The van der Waals surface area contributed by atoms with Crippen molar-refractivity contribution in [1.82, 2.24) is 0 Å². The van der Waals surface area contributed by atoms with Crippen LogP contribution in [0.25, 0.3) is 0 Å². The Morgan fingerprint density at radius 1 is 1.50 bits per heavy atom.